The molecule has 1 aliphatic rings. The number of amides is 2. The van der Waals surface area contributed by atoms with E-state index >= 15 is 0 Å². The fraction of sp³-hybridized carbons (Fsp3) is 0.227. The first kappa shape index (κ1) is 19.4. The summed E-state index contributed by atoms with van der Waals surface area (Å²) in [5.74, 6) is -0.0761. The average Bonchev–Trinajstić information content (AvgIpc) is 2.74. The summed E-state index contributed by atoms with van der Waals surface area (Å²) in [6.07, 6.45) is 1.73. The van der Waals surface area contributed by atoms with Gasteiger partial charge in [-0.2, -0.15) is 0 Å². The standard InChI is InChI=1S/C22H21ClN4O2/c23-17-8-6-16(7-9-17)22(29)27-13-11-26(12-14-27)15-21(28)25-20-5-1-4-19-18(20)3-2-10-24-19/h1-10H,11-15H2,(H,25,28). The highest BCUT2D eigenvalue weighted by Gasteiger charge is 2.23. The van der Waals surface area contributed by atoms with Gasteiger partial charge in [-0.3, -0.25) is 19.5 Å². The molecule has 3 aromatic rings. The van der Waals surface area contributed by atoms with Crippen LogP contribution in [-0.2, 0) is 4.79 Å². The van der Waals surface area contributed by atoms with Gasteiger partial charge in [0.2, 0.25) is 5.91 Å². The van der Waals surface area contributed by atoms with Gasteiger partial charge >= 0.3 is 0 Å². The molecule has 1 N–H and O–H groups in total. The van der Waals surface area contributed by atoms with E-state index in [1.165, 1.54) is 0 Å². The van der Waals surface area contributed by atoms with Crippen LogP contribution in [0.2, 0.25) is 5.02 Å². The molecular weight excluding hydrogens is 388 g/mol. The molecule has 2 heterocycles. The topological polar surface area (TPSA) is 65.5 Å². The maximum Gasteiger partial charge on any atom is 0.253 e. The fourth-order valence-electron chi connectivity index (χ4n) is 3.49. The van der Waals surface area contributed by atoms with Gasteiger partial charge in [-0.25, -0.2) is 0 Å². The molecule has 6 nitrogen and oxygen atoms in total. The first-order valence-electron chi connectivity index (χ1n) is 9.51. The fourth-order valence-corrected chi connectivity index (χ4v) is 3.62. The SMILES string of the molecule is O=C(CN1CCN(C(=O)c2ccc(Cl)cc2)CC1)Nc1cccc2ncccc12. The van der Waals surface area contributed by atoms with Crippen LogP contribution < -0.4 is 5.32 Å². The van der Waals surface area contributed by atoms with Crippen molar-refractivity contribution in [1.29, 1.82) is 0 Å². The third-order valence-corrected chi connectivity index (χ3v) is 5.29. The van der Waals surface area contributed by atoms with Crippen molar-refractivity contribution in [2.45, 2.75) is 0 Å². The number of aromatic nitrogens is 1. The van der Waals surface area contributed by atoms with E-state index in [2.05, 4.69) is 15.2 Å². The van der Waals surface area contributed by atoms with Crippen LogP contribution in [0.5, 0.6) is 0 Å². The Morgan fingerprint density at radius 3 is 2.48 bits per heavy atom. The van der Waals surface area contributed by atoms with Crippen LogP contribution in [0.4, 0.5) is 5.69 Å². The lowest BCUT2D eigenvalue weighted by Crippen LogP contribution is -2.50. The second-order valence-corrected chi connectivity index (χ2v) is 7.44. The number of fused-ring (bicyclic) bond motifs is 1. The highest BCUT2D eigenvalue weighted by molar-refractivity contribution is 6.30. The molecule has 0 unspecified atom stereocenters. The van der Waals surface area contributed by atoms with E-state index in [1.54, 1.807) is 30.5 Å². The quantitative estimate of drug-likeness (QED) is 0.719. The number of carbonyl (C=O) groups is 2. The minimum atomic E-state index is -0.0705. The first-order valence-corrected chi connectivity index (χ1v) is 9.89. The molecule has 1 aromatic heterocycles. The summed E-state index contributed by atoms with van der Waals surface area (Å²) in [7, 11) is 0. The molecule has 0 spiro atoms. The molecule has 148 valence electrons. The maximum absolute atomic E-state index is 12.6. The highest BCUT2D eigenvalue weighted by atomic mass is 35.5. The maximum atomic E-state index is 12.6. The van der Waals surface area contributed by atoms with E-state index in [0.29, 0.717) is 43.3 Å². The molecule has 29 heavy (non-hydrogen) atoms. The minimum Gasteiger partial charge on any atom is -0.336 e. The summed E-state index contributed by atoms with van der Waals surface area (Å²) in [5.41, 5.74) is 2.24. The first-order chi connectivity index (χ1) is 14.1. The van der Waals surface area contributed by atoms with Gasteiger partial charge in [0.05, 0.1) is 17.7 Å². The van der Waals surface area contributed by atoms with Crippen LogP contribution in [0.25, 0.3) is 10.9 Å². The summed E-state index contributed by atoms with van der Waals surface area (Å²) in [6.45, 7) is 2.78. The lowest BCUT2D eigenvalue weighted by atomic mass is 10.1. The Bertz CT molecular complexity index is 1030. The Labute approximate surface area is 174 Å². The molecule has 2 aromatic carbocycles. The number of nitrogens with one attached hydrogen (secondary N) is 1. The largest absolute Gasteiger partial charge is 0.336 e. The number of hydrogen-bond donors (Lipinski definition) is 1. The average molecular weight is 409 g/mol. The van der Waals surface area contributed by atoms with Crippen LogP contribution in [0.15, 0.2) is 60.8 Å². The van der Waals surface area contributed by atoms with Crippen molar-refractivity contribution in [2.75, 3.05) is 38.0 Å². The third-order valence-electron chi connectivity index (χ3n) is 5.04. The molecule has 0 atom stereocenters. The van der Waals surface area contributed by atoms with Crippen molar-refractivity contribution in [2.24, 2.45) is 0 Å². The molecule has 0 bridgehead atoms. The van der Waals surface area contributed by atoms with Gasteiger partial charge in [0, 0.05) is 48.3 Å². The predicted octanol–water partition coefficient (Wildman–Crippen LogP) is 3.28. The van der Waals surface area contributed by atoms with Gasteiger partial charge in [-0.1, -0.05) is 17.7 Å². The lowest BCUT2D eigenvalue weighted by Gasteiger charge is -2.34. The number of benzene rings is 2. The van der Waals surface area contributed by atoms with Crippen LogP contribution in [-0.4, -0.2) is 59.3 Å². The normalized spacial score (nSPS) is 14.7. The van der Waals surface area contributed by atoms with Crippen molar-refractivity contribution in [1.82, 2.24) is 14.8 Å². The molecule has 1 aliphatic heterocycles. The van der Waals surface area contributed by atoms with E-state index in [9.17, 15) is 9.59 Å². The number of hydrogen-bond acceptors (Lipinski definition) is 4. The van der Waals surface area contributed by atoms with Crippen molar-refractivity contribution in [3.8, 4) is 0 Å². The minimum absolute atomic E-state index is 0.00553. The molecule has 2 amide bonds. The molecule has 0 saturated carbocycles. The predicted molar refractivity (Wildman–Crippen MR) is 114 cm³/mol. The van der Waals surface area contributed by atoms with Gasteiger partial charge in [0.15, 0.2) is 0 Å². The highest BCUT2D eigenvalue weighted by Crippen LogP contribution is 2.21. The van der Waals surface area contributed by atoms with Crippen molar-refractivity contribution in [3.63, 3.8) is 0 Å². The Morgan fingerprint density at radius 2 is 1.72 bits per heavy atom. The Kier molecular flexibility index (Phi) is 5.74. The second-order valence-electron chi connectivity index (χ2n) is 7.00. The number of pyridine rings is 1. The lowest BCUT2D eigenvalue weighted by molar-refractivity contribution is -0.117. The molecular formula is C22H21ClN4O2. The number of rotatable bonds is 4. The zero-order valence-corrected chi connectivity index (χ0v) is 16.6. The molecule has 7 heteroatoms. The number of halogens is 1. The Hall–Kier alpha value is -2.96. The van der Waals surface area contributed by atoms with E-state index in [4.69, 9.17) is 11.6 Å². The summed E-state index contributed by atoms with van der Waals surface area (Å²) in [5, 5.41) is 4.51. The van der Waals surface area contributed by atoms with Gasteiger partial charge < -0.3 is 10.2 Å². The molecule has 0 aliphatic carbocycles. The number of piperazine rings is 1. The van der Waals surface area contributed by atoms with Crippen molar-refractivity contribution in [3.05, 3.63) is 71.4 Å². The van der Waals surface area contributed by atoms with Crippen LogP contribution >= 0.6 is 11.6 Å². The molecule has 4 rings (SSSR count). The van der Waals surface area contributed by atoms with Crippen LogP contribution in [0.3, 0.4) is 0 Å². The van der Waals surface area contributed by atoms with E-state index < -0.39 is 0 Å². The number of anilines is 1. The molecule has 1 saturated heterocycles. The van der Waals surface area contributed by atoms with Crippen LogP contribution in [0.1, 0.15) is 10.4 Å². The summed E-state index contributed by atoms with van der Waals surface area (Å²) in [4.78, 5) is 33.3. The molecule has 1 fully saturated rings. The van der Waals surface area contributed by atoms with Crippen molar-refractivity contribution < 1.29 is 9.59 Å². The van der Waals surface area contributed by atoms with Crippen molar-refractivity contribution >= 4 is 40.0 Å². The van der Waals surface area contributed by atoms with E-state index in [-0.39, 0.29) is 11.8 Å². The van der Waals surface area contributed by atoms with Crippen LogP contribution in [0, 0.1) is 0 Å². The number of nitrogens with zero attached hydrogens (tertiary/aromatic N) is 3. The van der Waals surface area contributed by atoms with E-state index in [1.807, 2.05) is 35.2 Å². The monoisotopic (exact) mass is 408 g/mol. The summed E-state index contributed by atoms with van der Waals surface area (Å²) in [6, 6.07) is 16.4. The van der Waals surface area contributed by atoms with E-state index in [0.717, 1.165) is 16.6 Å². The number of carbonyl (C=O) groups excluding carboxylic acids is 2. The van der Waals surface area contributed by atoms with Gasteiger partial charge in [0.25, 0.3) is 5.91 Å². The smallest absolute Gasteiger partial charge is 0.253 e. The second kappa shape index (κ2) is 8.59. The Morgan fingerprint density at radius 1 is 0.966 bits per heavy atom. The molecule has 0 radical (unpaired) electrons. The summed E-state index contributed by atoms with van der Waals surface area (Å²) < 4.78 is 0. The van der Waals surface area contributed by atoms with Gasteiger partial charge in [-0.15, -0.1) is 0 Å². The zero-order valence-electron chi connectivity index (χ0n) is 15.8. The summed E-state index contributed by atoms with van der Waals surface area (Å²) >= 11 is 5.89. The third kappa shape index (κ3) is 4.55. The Balaban J connectivity index is 1.32. The van der Waals surface area contributed by atoms with Gasteiger partial charge in [0.1, 0.15) is 0 Å². The zero-order chi connectivity index (χ0) is 20.2. The van der Waals surface area contributed by atoms with Gasteiger partial charge in [-0.05, 0) is 48.5 Å².